The van der Waals surface area contributed by atoms with Crippen LogP contribution in [0.4, 0.5) is 9.18 Å². The van der Waals surface area contributed by atoms with Crippen LogP contribution in [0.5, 0.6) is 5.75 Å². The van der Waals surface area contributed by atoms with Gasteiger partial charge in [-0.05, 0) is 50.9 Å². The van der Waals surface area contributed by atoms with Gasteiger partial charge >= 0.3 is 13.2 Å². The fraction of sp³-hybridized carbons (Fsp3) is 0.375. The van der Waals surface area contributed by atoms with Crippen molar-refractivity contribution < 1.29 is 28.0 Å². The number of amides is 1. The summed E-state index contributed by atoms with van der Waals surface area (Å²) >= 11 is 0. The summed E-state index contributed by atoms with van der Waals surface area (Å²) in [5, 5.41) is 2.75. The zero-order valence-electron chi connectivity index (χ0n) is 19.1. The SMILES string of the molecule is COc1cc(F)ccc1C=C(CNC(=O)OCc1ccccc1)B1OC(C)(C)C(C)(C)O1. The van der Waals surface area contributed by atoms with Gasteiger partial charge in [0.1, 0.15) is 18.2 Å². The lowest BCUT2D eigenvalue weighted by Gasteiger charge is -2.32. The Kier molecular flexibility index (Phi) is 7.26. The Morgan fingerprint density at radius 3 is 2.38 bits per heavy atom. The number of rotatable bonds is 7. The lowest BCUT2D eigenvalue weighted by atomic mass is 9.77. The number of carbonyl (C=O) groups is 1. The van der Waals surface area contributed by atoms with E-state index in [2.05, 4.69) is 5.32 Å². The first kappa shape index (κ1) is 23.8. The smallest absolute Gasteiger partial charge is 0.492 e. The first-order valence-corrected chi connectivity index (χ1v) is 10.5. The highest BCUT2D eigenvalue weighted by atomic mass is 19.1. The number of benzene rings is 2. The number of carbonyl (C=O) groups excluding carboxylic acids is 1. The molecule has 1 saturated heterocycles. The summed E-state index contributed by atoms with van der Waals surface area (Å²) in [5.74, 6) is -0.0375. The molecule has 1 aliphatic heterocycles. The molecule has 0 unspecified atom stereocenters. The molecular formula is C24H29BFNO5. The van der Waals surface area contributed by atoms with Gasteiger partial charge in [-0.2, -0.15) is 0 Å². The summed E-state index contributed by atoms with van der Waals surface area (Å²) in [6.07, 6.45) is 1.21. The molecule has 0 spiro atoms. The van der Waals surface area contributed by atoms with Crippen LogP contribution in [0.3, 0.4) is 0 Å². The van der Waals surface area contributed by atoms with Gasteiger partial charge in [0.15, 0.2) is 0 Å². The third-order valence-corrected chi connectivity index (χ3v) is 5.74. The van der Waals surface area contributed by atoms with E-state index in [1.54, 1.807) is 12.1 Å². The van der Waals surface area contributed by atoms with Gasteiger partial charge in [-0.1, -0.05) is 36.4 Å². The predicted molar refractivity (Wildman–Crippen MR) is 122 cm³/mol. The second-order valence-electron chi connectivity index (χ2n) is 8.61. The highest BCUT2D eigenvalue weighted by Gasteiger charge is 2.52. The van der Waals surface area contributed by atoms with Crippen LogP contribution >= 0.6 is 0 Å². The third kappa shape index (κ3) is 5.69. The molecule has 0 bridgehead atoms. The number of nitrogens with one attached hydrogen (secondary N) is 1. The Balaban J connectivity index is 1.78. The second kappa shape index (κ2) is 9.75. The highest BCUT2D eigenvalue weighted by molar-refractivity contribution is 6.56. The maximum Gasteiger partial charge on any atom is 0.492 e. The predicted octanol–water partition coefficient (Wildman–Crippen LogP) is 4.78. The number of hydrogen-bond donors (Lipinski definition) is 1. The van der Waals surface area contributed by atoms with Crippen molar-refractivity contribution in [2.45, 2.75) is 45.5 Å². The lowest BCUT2D eigenvalue weighted by Crippen LogP contribution is -2.41. The van der Waals surface area contributed by atoms with Crippen molar-refractivity contribution in [3.63, 3.8) is 0 Å². The first-order valence-electron chi connectivity index (χ1n) is 10.5. The topological polar surface area (TPSA) is 66.0 Å². The zero-order valence-corrected chi connectivity index (χ0v) is 19.1. The van der Waals surface area contributed by atoms with Gasteiger partial charge in [0.25, 0.3) is 0 Å². The molecule has 32 heavy (non-hydrogen) atoms. The fourth-order valence-electron chi connectivity index (χ4n) is 3.15. The Bertz CT molecular complexity index is 962. The molecule has 1 aliphatic rings. The van der Waals surface area contributed by atoms with Crippen molar-refractivity contribution in [1.29, 1.82) is 0 Å². The van der Waals surface area contributed by atoms with Crippen LogP contribution in [0.15, 0.2) is 54.0 Å². The Morgan fingerprint density at radius 2 is 1.75 bits per heavy atom. The minimum Gasteiger partial charge on any atom is -0.496 e. The van der Waals surface area contributed by atoms with Gasteiger partial charge < -0.3 is 24.1 Å². The first-order chi connectivity index (χ1) is 15.1. The maximum atomic E-state index is 13.6. The molecular weight excluding hydrogens is 412 g/mol. The highest BCUT2D eigenvalue weighted by Crippen LogP contribution is 2.39. The second-order valence-corrected chi connectivity index (χ2v) is 8.61. The minimum atomic E-state index is -0.704. The molecule has 0 saturated carbocycles. The van der Waals surface area contributed by atoms with Crippen molar-refractivity contribution >= 4 is 19.3 Å². The van der Waals surface area contributed by atoms with Crippen molar-refractivity contribution in [2.75, 3.05) is 13.7 Å². The number of methoxy groups -OCH3 is 1. The molecule has 1 amide bonds. The fourth-order valence-corrected chi connectivity index (χ4v) is 3.15. The average molecular weight is 441 g/mol. The van der Waals surface area contributed by atoms with Crippen LogP contribution in [0.25, 0.3) is 6.08 Å². The standard InChI is InChI=1S/C24H29BFNO5/c1-23(2)24(3,4)32-25(31-23)19(13-18-11-12-20(26)14-21(18)29-5)15-27-22(28)30-16-17-9-7-6-8-10-17/h6-14H,15-16H2,1-5H3,(H,27,28). The van der Waals surface area contributed by atoms with Gasteiger partial charge in [0, 0.05) is 18.2 Å². The van der Waals surface area contributed by atoms with E-state index in [1.165, 1.54) is 19.2 Å². The van der Waals surface area contributed by atoms with Crippen molar-refractivity contribution in [3.8, 4) is 5.75 Å². The zero-order chi connectivity index (χ0) is 23.4. The van der Waals surface area contributed by atoms with Crippen LogP contribution in [0.1, 0.15) is 38.8 Å². The van der Waals surface area contributed by atoms with Crippen LogP contribution in [0, 0.1) is 5.82 Å². The van der Waals surface area contributed by atoms with E-state index in [0.717, 1.165) is 5.56 Å². The number of halogens is 1. The molecule has 8 heteroatoms. The summed E-state index contributed by atoms with van der Waals surface area (Å²) < 4.78 is 36.6. The van der Waals surface area contributed by atoms with E-state index in [-0.39, 0.29) is 13.2 Å². The largest absolute Gasteiger partial charge is 0.496 e. The van der Waals surface area contributed by atoms with Crippen LogP contribution in [-0.4, -0.2) is 38.1 Å². The quantitative estimate of drug-likeness (QED) is 0.627. The molecule has 170 valence electrons. The van der Waals surface area contributed by atoms with E-state index in [0.29, 0.717) is 16.8 Å². The normalized spacial score (nSPS) is 17.2. The monoisotopic (exact) mass is 441 g/mol. The van der Waals surface area contributed by atoms with Crippen LogP contribution < -0.4 is 10.1 Å². The number of alkyl carbamates (subject to hydrolysis) is 1. The summed E-state index contributed by atoms with van der Waals surface area (Å²) in [5.41, 5.74) is 1.05. The lowest BCUT2D eigenvalue weighted by molar-refractivity contribution is 0.00578. The molecule has 0 radical (unpaired) electrons. The molecule has 2 aromatic rings. The molecule has 3 rings (SSSR count). The Labute approximate surface area is 188 Å². The molecule has 0 aliphatic carbocycles. The van der Waals surface area contributed by atoms with Gasteiger partial charge in [-0.15, -0.1) is 0 Å². The maximum absolute atomic E-state index is 13.6. The van der Waals surface area contributed by atoms with Gasteiger partial charge in [-0.25, -0.2) is 9.18 Å². The van der Waals surface area contributed by atoms with Gasteiger partial charge in [0.2, 0.25) is 0 Å². The van der Waals surface area contributed by atoms with Crippen molar-refractivity contribution in [1.82, 2.24) is 5.32 Å². The van der Waals surface area contributed by atoms with E-state index < -0.39 is 30.2 Å². The molecule has 1 heterocycles. The number of ether oxygens (including phenoxy) is 2. The van der Waals surface area contributed by atoms with E-state index >= 15 is 0 Å². The van der Waals surface area contributed by atoms with E-state index in [4.69, 9.17) is 18.8 Å². The molecule has 1 fully saturated rings. The summed E-state index contributed by atoms with van der Waals surface area (Å²) in [6, 6.07) is 13.7. The summed E-state index contributed by atoms with van der Waals surface area (Å²) in [4.78, 5) is 12.3. The Hall–Kier alpha value is -2.84. The van der Waals surface area contributed by atoms with E-state index in [9.17, 15) is 9.18 Å². The molecule has 1 N–H and O–H groups in total. The summed E-state index contributed by atoms with van der Waals surface area (Å²) in [6.45, 7) is 8.07. The summed E-state index contributed by atoms with van der Waals surface area (Å²) in [7, 11) is 0.768. The van der Waals surface area contributed by atoms with Crippen LogP contribution in [-0.2, 0) is 20.7 Å². The average Bonchev–Trinajstić information content (AvgIpc) is 2.97. The van der Waals surface area contributed by atoms with Crippen molar-refractivity contribution in [2.24, 2.45) is 0 Å². The van der Waals surface area contributed by atoms with Gasteiger partial charge in [-0.3, -0.25) is 0 Å². The van der Waals surface area contributed by atoms with E-state index in [1.807, 2.05) is 58.0 Å². The van der Waals surface area contributed by atoms with Crippen LogP contribution in [0.2, 0.25) is 0 Å². The minimum absolute atomic E-state index is 0.116. The molecule has 0 atom stereocenters. The van der Waals surface area contributed by atoms with Gasteiger partial charge in [0.05, 0.1) is 18.3 Å². The number of hydrogen-bond acceptors (Lipinski definition) is 5. The molecule has 2 aromatic carbocycles. The molecule has 6 nitrogen and oxygen atoms in total. The van der Waals surface area contributed by atoms with Crippen molar-refractivity contribution in [3.05, 3.63) is 70.9 Å². The third-order valence-electron chi connectivity index (χ3n) is 5.74. The molecule has 0 aromatic heterocycles. The Morgan fingerprint density at radius 1 is 1.09 bits per heavy atom.